The lowest BCUT2D eigenvalue weighted by Gasteiger charge is -2.45. The average molecular weight is 884 g/mol. The van der Waals surface area contributed by atoms with Gasteiger partial charge in [0.1, 0.15) is 17.6 Å². The Kier molecular flexibility index (Phi) is 12.5. The minimum Gasteiger partial charge on any atom is -0.490 e. The van der Waals surface area contributed by atoms with Crippen LogP contribution in [0.4, 0.5) is 21.5 Å². The van der Waals surface area contributed by atoms with Gasteiger partial charge >= 0.3 is 0 Å². The Morgan fingerprint density at radius 3 is 2.43 bits per heavy atom. The predicted molar refractivity (Wildman–Crippen MR) is 243 cm³/mol. The highest BCUT2D eigenvalue weighted by molar-refractivity contribution is 6.23. The van der Waals surface area contributed by atoms with Gasteiger partial charge in [0.25, 0.3) is 17.7 Å². The summed E-state index contributed by atoms with van der Waals surface area (Å²) in [5.41, 5.74) is 3.33. The molecule has 15 nitrogen and oxygen atoms in total. The van der Waals surface area contributed by atoms with Gasteiger partial charge in [0.2, 0.25) is 17.5 Å². The Labute approximate surface area is 377 Å². The predicted octanol–water partition coefficient (Wildman–Crippen LogP) is 5.41. The number of anilines is 2. The van der Waals surface area contributed by atoms with Gasteiger partial charge in [0.15, 0.2) is 0 Å². The van der Waals surface area contributed by atoms with E-state index in [1.807, 2.05) is 24.3 Å². The minimum absolute atomic E-state index is 0.0231. The molecule has 338 valence electrons. The topological polar surface area (TPSA) is 152 Å². The molecular formula is C49H54FN9O6. The molecule has 5 heterocycles. The van der Waals surface area contributed by atoms with Crippen LogP contribution in [0, 0.1) is 18.3 Å². The fraction of sp³-hybridized carbons (Fsp3) is 0.449. The molecule has 4 aromatic rings. The highest BCUT2D eigenvalue weighted by atomic mass is 19.1. The van der Waals surface area contributed by atoms with Gasteiger partial charge in [-0.1, -0.05) is 6.07 Å². The highest BCUT2D eigenvalue weighted by Gasteiger charge is 2.45. The van der Waals surface area contributed by atoms with Crippen molar-refractivity contribution < 1.29 is 33.1 Å². The van der Waals surface area contributed by atoms with E-state index in [0.29, 0.717) is 47.2 Å². The van der Waals surface area contributed by atoms with E-state index < -0.39 is 35.5 Å². The largest absolute Gasteiger partial charge is 0.490 e. The van der Waals surface area contributed by atoms with E-state index in [9.17, 15) is 24.0 Å². The number of amides is 5. The number of hydrogen-bond acceptors (Lipinski definition) is 11. The van der Waals surface area contributed by atoms with E-state index in [2.05, 4.69) is 54.2 Å². The van der Waals surface area contributed by atoms with Gasteiger partial charge in [-0.15, -0.1) is 0 Å². The van der Waals surface area contributed by atoms with Crippen LogP contribution in [0.15, 0.2) is 66.9 Å². The standard InChI is InChI=1S/C49H54FN9O6/c1-51-40-13-16-43(37-5-4-20-52-45(37)40)65-35-10-7-32(8-11-35)53-46(61)31-6-14-41(39(50)25-31)56-21-18-30(19-22-56)27-57-23-24-58(29-34(57)28-55(2)3)33-9-12-36-38(26-33)49(64)59(48(36)63)42-15-17-44(60)54-47(42)62/h4-6,9,12-14,16,20,25-26,30,32,34-35,42H,7-8,10-11,15,17-19,21-24,27-29H2,2-3H3,(H,53,61)(H,54,60,62)/t32?,34-,35?,42?/m0/s1. The van der Waals surface area contributed by atoms with Gasteiger partial charge in [0, 0.05) is 87.2 Å². The second-order valence-electron chi connectivity index (χ2n) is 18.3. The number of imide groups is 2. The first-order valence-corrected chi connectivity index (χ1v) is 22.7. The number of likely N-dealkylation sites (N-methyl/N-ethyl adjacent to an activating group) is 1. The van der Waals surface area contributed by atoms with Crippen molar-refractivity contribution in [2.75, 3.05) is 69.7 Å². The summed E-state index contributed by atoms with van der Waals surface area (Å²) in [7, 11) is 4.12. The summed E-state index contributed by atoms with van der Waals surface area (Å²) in [5, 5.41) is 6.18. The average Bonchev–Trinajstić information content (AvgIpc) is 3.55. The Balaban J connectivity index is 0.753. The van der Waals surface area contributed by atoms with Crippen molar-refractivity contribution in [3.63, 3.8) is 0 Å². The lowest BCUT2D eigenvalue weighted by molar-refractivity contribution is -0.136. The Hall–Kier alpha value is -6.44. The maximum atomic E-state index is 15.7. The van der Waals surface area contributed by atoms with Crippen molar-refractivity contribution in [1.29, 1.82) is 0 Å². The molecule has 4 aliphatic heterocycles. The molecule has 1 aromatic heterocycles. The Morgan fingerprint density at radius 1 is 0.908 bits per heavy atom. The number of nitrogens with one attached hydrogen (secondary N) is 2. The fourth-order valence-electron chi connectivity index (χ4n) is 10.3. The molecule has 0 radical (unpaired) electrons. The third-order valence-corrected chi connectivity index (χ3v) is 13.8. The lowest BCUT2D eigenvalue weighted by Crippen LogP contribution is -2.58. The van der Waals surface area contributed by atoms with Crippen molar-refractivity contribution in [2.45, 2.75) is 75.6 Å². The van der Waals surface area contributed by atoms with Crippen molar-refractivity contribution in [1.82, 2.24) is 30.3 Å². The third kappa shape index (κ3) is 9.12. The summed E-state index contributed by atoms with van der Waals surface area (Å²) in [6.07, 6.45) is 6.64. The molecule has 1 aliphatic carbocycles. The molecule has 2 N–H and O–H groups in total. The number of benzene rings is 3. The summed E-state index contributed by atoms with van der Waals surface area (Å²) in [4.78, 5) is 82.4. The van der Waals surface area contributed by atoms with Crippen LogP contribution in [0.2, 0.25) is 0 Å². The normalized spacial score (nSPS) is 23.2. The molecule has 4 fully saturated rings. The zero-order valence-corrected chi connectivity index (χ0v) is 36.8. The number of aromatic nitrogens is 1. The van der Waals surface area contributed by atoms with Crippen LogP contribution in [0.3, 0.4) is 0 Å². The van der Waals surface area contributed by atoms with Crippen molar-refractivity contribution in [2.24, 2.45) is 5.92 Å². The first kappa shape index (κ1) is 43.8. The number of rotatable bonds is 11. The minimum atomic E-state index is -1.00. The molecule has 2 atom stereocenters. The molecule has 0 spiro atoms. The van der Waals surface area contributed by atoms with Crippen molar-refractivity contribution >= 4 is 57.5 Å². The van der Waals surface area contributed by atoms with Gasteiger partial charge in [-0.25, -0.2) is 9.24 Å². The first-order chi connectivity index (χ1) is 31.4. The number of pyridine rings is 1. The summed E-state index contributed by atoms with van der Waals surface area (Å²) in [6, 6.07) is 16.6. The molecule has 5 amide bonds. The summed E-state index contributed by atoms with van der Waals surface area (Å²) < 4.78 is 22.1. The Bertz CT molecular complexity index is 2560. The van der Waals surface area contributed by atoms with Crippen LogP contribution in [-0.4, -0.2) is 133 Å². The first-order valence-electron chi connectivity index (χ1n) is 22.7. The van der Waals surface area contributed by atoms with Crippen LogP contribution in [0.5, 0.6) is 5.75 Å². The van der Waals surface area contributed by atoms with E-state index >= 15 is 4.39 Å². The fourth-order valence-corrected chi connectivity index (χ4v) is 10.3. The molecule has 0 bridgehead atoms. The molecule has 5 aliphatic rings. The Morgan fingerprint density at radius 2 is 1.69 bits per heavy atom. The summed E-state index contributed by atoms with van der Waals surface area (Å²) >= 11 is 0. The van der Waals surface area contributed by atoms with E-state index in [1.165, 1.54) is 6.07 Å². The second kappa shape index (κ2) is 18.6. The molecular weight excluding hydrogens is 830 g/mol. The van der Waals surface area contributed by atoms with Gasteiger partial charge in [-0.3, -0.25) is 44.1 Å². The van der Waals surface area contributed by atoms with Crippen LogP contribution < -0.4 is 25.2 Å². The quantitative estimate of drug-likeness (QED) is 0.147. The number of piperazine rings is 1. The molecule has 3 saturated heterocycles. The zero-order chi connectivity index (χ0) is 45.4. The number of halogens is 1. The maximum Gasteiger partial charge on any atom is 0.262 e. The molecule has 16 heteroatoms. The summed E-state index contributed by atoms with van der Waals surface area (Å²) in [5.74, 6) is -1.60. The van der Waals surface area contributed by atoms with Crippen LogP contribution in [0.25, 0.3) is 15.7 Å². The molecule has 3 aromatic carbocycles. The number of hydrogen-bond donors (Lipinski definition) is 2. The lowest BCUT2D eigenvalue weighted by atomic mass is 9.92. The smallest absolute Gasteiger partial charge is 0.262 e. The number of ether oxygens (including phenoxy) is 1. The van der Waals surface area contributed by atoms with Crippen molar-refractivity contribution in [3.05, 3.63) is 101 Å². The van der Waals surface area contributed by atoms with E-state index in [4.69, 9.17) is 11.3 Å². The molecule has 9 rings (SSSR count). The SMILES string of the molecule is [C-]#[N+]c1ccc(OC2CCC(NC(=O)c3ccc(N4CCC(CN5CCN(c6ccc7c(c6)C(=O)N(C6CCC(=O)NC6=O)C7=O)C[C@@H]5CN(C)C)CC4)c(F)c3)CC2)c2cccnc12. The van der Waals surface area contributed by atoms with Gasteiger partial charge in [-0.05, 0) is 120 Å². The summed E-state index contributed by atoms with van der Waals surface area (Å²) in [6.45, 7) is 12.9. The van der Waals surface area contributed by atoms with Gasteiger partial charge < -0.3 is 24.8 Å². The van der Waals surface area contributed by atoms with Crippen molar-refractivity contribution in [3.8, 4) is 5.75 Å². The number of nitrogens with zero attached hydrogens (tertiary/aromatic N) is 7. The number of piperidine rings is 2. The molecule has 1 unspecified atom stereocenters. The van der Waals surface area contributed by atoms with Crippen LogP contribution >= 0.6 is 0 Å². The second-order valence-corrected chi connectivity index (χ2v) is 18.3. The van der Waals surface area contributed by atoms with Gasteiger partial charge in [0.05, 0.1) is 35.0 Å². The van der Waals surface area contributed by atoms with Gasteiger partial charge in [-0.2, -0.15) is 0 Å². The highest BCUT2D eigenvalue weighted by Crippen LogP contribution is 2.36. The third-order valence-electron chi connectivity index (χ3n) is 13.8. The van der Waals surface area contributed by atoms with E-state index in [-0.39, 0.29) is 48.1 Å². The zero-order valence-electron chi connectivity index (χ0n) is 36.8. The van der Waals surface area contributed by atoms with Crippen LogP contribution in [0.1, 0.15) is 82.4 Å². The maximum absolute atomic E-state index is 15.7. The van der Waals surface area contributed by atoms with E-state index in [0.717, 1.165) is 87.2 Å². The molecule has 1 saturated carbocycles. The molecule has 65 heavy (non-hydrogen) atoms. The van der Waals surface area contributed by atoms with Crippen LogP contribution in [-0.2, 0) is 9.59 Å². The van der Waals surface area contributed by atoms with E-state index in [1.54, 1.807) is 36.5 Å². The number of fused-ring (bicyclic) bond motifs is 2. The number of carbonyl (C=O) groups excluding carboxylic acids is 5. The number of carbonyl (C=O) groups is 5. The monoisotopic (exact) mass is 883 g/mol.